The summed E-state index contributed by atoms with van der Waals surface area (Å²) < 4.78 is 6.27. The van der Waals surface area contributed by atoms with Gasteiger partial charge in [-0.05, 0) is 42.0 Å². The van der Waals surface area contributed by atoms with Gasteiger partial charge in [0.1, 0.15) is 21.9 Å². The van der Waals surface area contributed by atoms with Crippen molar-refractivity contribution in [1.29, 1.82) is 5.26 Å². The maximum absolute atomic E-state index is 13.3. The molecule has 0 aromatic carbocycles. The van der Waals surface area contributed by atoms with Crippen LogP contribution in [0.15, 0.2) is 38.2 Å². The summed E-state index contributed by atoms with van der Waals surface area (Å²) in [6.07, 6.45) is 3.03. The number of allylic oxidation sites excluding steroid dienone is 1. The summed E-state index contributed by atoms with van der Waals surface area (Å²) in [5, 5.41) is 20.2. The second-order valence-corrected chi connectivity index (χ2v) is 8.43. The predicted molar refractivity (Wildman–Crippen MR) is 105 cm³/mol. The van der Waals surface area contributed by atoms with Crippen LogP contribution in [0.25, 0.3) is 0 Å². The van der Waals surface area contributed by atoms with E-state index in [1.165, 1.54) is 13.2 Å². The fraction of sp³-hybridized carbons (Fsp3) is 0.350. The maximum Gasteiger partial charge on any atom is 0.271 e. The van der Waals surface area contributed by atoms with E-state index in [-0.39, 0.29) is 39.4 Å². The highest BCUT2D eigenvalue weighted by atomic mass is 35.5. The van der Waals surface area contributed by atoms with Crippen molar-refractivity contribution in [3.63, 3.8) is 0 Å². The number of hydrogen-bond acceptors (Lipinski definition) is 5. The van der Waals surface area contributed by atoms with Crippen LogP contribution in [0.1, 0.15) is 41.1 Å². The molecule has 0 bridgehead atoms. The predicted octanol–water partition coefficient (Wildman–Crippen LogP) is 4.15. The van der Waals surface area contributed by atoms with Crippen molar-refractivity contribution in [1.82, 2.24) is 4.57 Å². The first-order valence-corrected chi connectivity index (χ1v) is 9.32. The highest BCUT2D eigenvalue weighted by Gasteiger charge is 2.61. The first-order chi connectivity index (χ1) is 13.1. The van der Waals surface area contributed by atoms with Crippen molar-refractivity contribution in [3.05, 3.63) is 61.8 Å². The van der Waals surface area contributed by atoms with Crippen LogP contribution in [-0.2, 0) is 6.54 Å². The lowest BCUT2D eigenvalue weighted by atomic mass is 9.96. The number of carbonyl (C=O) groups is 1. The first kappa shape index (κ1) is 20.2. The number of nitrogens with zero attached hydrogens (tertiary/aromatic N) is 2. The van der Waals surface area contributed by atoms with Crippen LogP contribution in [0.5, 0.6) is 5.88 Å². The Bertz CT molecular complexity index is 1070. The van der Waals surface area contributed by atoms with E-state index >= 15 is 0 Å². The van der Waals surface area contributed by atoms with Crippen LogP contribution < -0.4 is 5.56 Å². The van der Waals surface area contributed by atoms with E-state index in [0.29, 0.717) is 5.76 Å². The van der Waals surface area contributed by atoms with Gasteiger partial charge in [-0.25, -0.2) is 0 Å². The summed E-state index contributed by atoms with van der Waals surface area (Å²) in [5.41, 5.74) is -1.16. The van der Waals surface area contributed by atoms with Gasteiger partial charge in [0, 0.05) is 5.92 Å². The number of carbonyl (C=O) groups excluding carboxylic acids is 1. The number of furan rings is 1. The molecule has 1 saturated carbocycles. The van der Waals surface area contributed by atoms with E-state index in [4.69, 9.17) is 27.6 Å². The molecule has 28 heavy (non-hydrogen) atoms. The Morgan fingerprint density at radius 1 is 1.46 bits per heavy atom. The Morgan fingerprint density at radius 3 is 2.68 bits per heavy atom. The standard InChI is InChI=1S/C20H18Cl2N2O4/c1-10-12(8-23)18(26)24(9-11-5-4-6-28-11)19(27)15(10)17(25)16-13(7-14(21)22)20(16,2)3/h4-7,13,16,27H,9H2,1-3H3. The summed E-state index contributed by atoms with van der Waals surface area (Å²) in [6, 6.07) is 5.12. The first-order valence-electron chi connectivity index (χ1n) is 8.57. The number of Topliss-reactive ketones (excluding diaryl/α,β-unsaturated/α-hetero) is 1. The molecule has 3 rings (SSSR count). The quantitative estimate of drug-likeness (QED) is 0.732. The molecule has 1 N–H and O–H groups in total. The summed E-state index contributed by atoms with van der Waals surface area (Å²) in [4.78, 5) is 25.9. The number of aromatic nitrogens is 1. The SMILES string of the molecule is Cc1c(C(=O)C2C(C=C(Cl)Cl)C2(C)C)c(O)n(Cc2ccco2)c(=O)c1C#N. The van der Waals surface area contributed by atoms with Crippen molar-refractivity contribution < 1.29 is 14.3 Å². The molecule has 2 heterocycles. The molecular formula is C20H18Cl2N2O4. The van der Waals surface area contributed by atoms with E-state index in [0.717, 1.165) is 4.57 Å². The minimum Gasteiger partial charge on any atom is -0.494 e. The van der Waals surface area contributed by atoms with E-state index < -0.39 is 22.8 Å². The van der Waals surface area contributed by atoms with Crippen molar-refractivity contribution in [2.24, 2.45) is 17.3 Å². The minimum atomic E-state index is -0.680. The topological polar surface area (TPSA) is 96.2 Å². The average Bonchev–Trinajstić information content (AvgIpc) is 2.96. The van der Waals surface area contributed by atoms with Crippen LogP contribution in [0, 0.1) is 35.5 Å². The Morgan fingerprint density at radius 2 is 2.14 bits per heavy atom. The van der Waals surface area contributed by atoms with Gasteiger partial charge >= 0.3 is 0 Å². The number of halogens is 2. The number of nitriles is 1. The normalized spacial score (nSPS) is 19.7. The number of aromatic hydroxyl groups is 1. The van der Waals surface area contributed by atoms with Crippen molar-refractivity contribution >= 4 is 29.0 Å². The van der Waals surface area contributed by atoms with Crippen LogP contribution in [0.3, 0.4) is 0 Å². The third-order valence-corrected chi connectivity index (χ3v) is 5.69. The highest BCUT2D eigenvalue weighted by molar-refractivity contribution is 6.55. The zero-order valence-electron chi connectivity index (χ0n) is 15.5. The molecule has 0 amide bonds. The molecule has 0 saturated heterocycles. The molecule has 146 valence electrons. The average molecular weight is 421 g/mol. The molecule has 1 aliphatic rings. The lowest BCUT2D eigenvalue weighted by molar-refractivity contribution is 0.0946. The molecule has 2 aromatic rings. The number of pyridine rings is 1. The maximum atomic E-state index is 13.3. The fourth-order valence-corrected chi connectivity index (χ4v) is 4.00. The Kier molecular flexibility index (Phi) is 5.18. The lowest BCUT2D eigenvalue weighted by Gasteiger charge is -2.15. The molecule has 6 nitrogen and oxygen atoms in total. The molecule has 8 heteroatoms. The third kappa shape index (κ3) is 3.25. The molecule has 2 atom stereocenters. The molecule has 2 unspecified atom stereocenters. The monoisotopic (exact) mass is 420 g/mol. The zero-order chi connectivity index (χ0) is 20.8. The Labute approximate surface area is 171 Å². The van der Waals surface area contributed by atoms with E-state index in [1.807, 2.05) is 19.9 Å². The molecule has 1 aliphatic carbocycles. The molecular weight excluding hydrogens is 403 g/mol. The minimum absolute atomic E-state index is 0.0395. The largest absolute Gasteiger partial charge is 0.494 e. The summed E-state index contributed by atoms with van der Waals surface area (Å²) in [6.45, 7) is 5.17. The Hall–Kier alpha value is -2.49. The van der Waals surface area contributed by atoms with Crippen LogP contribution in [-0.4, -0.2) is 15.5 Å². The third-order valence-electron chi connectivity index (χ3n) is 5.44. The van der Waals surface area contributed by atoms with Gasteiger partial charge in [0.25, 0.3) is 5.56 Å². The van der Waals surface area contributed by atoms with E-state index in [9.17, 15) is 20.0 Å². The fourth-order valence-electron chi connectivity index (χ4n) is 3.73. The zero-order valence-corrected chi connectivity index (χ0v) is 17.0. The van der Waals surface area contributed by atoms with Gasteiger partial charge in [0.2, 0.25) is 5.88 Å². The van der Waals surface area contributed by atoms with Gasteiger partial charge < -0.3 is 9.52 Å². The second-order valence-electron chi connectivity index (χ2n) is 7.43. The smallest absolute Gasteiger partial charge is 0.271 e. The van der Waals surface area contributed by atoms with Crippen molar-refractivity contribution in [2.45, 2.75) is 27.3 Å². The molecule has 0 aliphatic heterocycles. The van der Waals surface area contributed by atoms with E-state index in [2.05, 4.69) is 0 Å². The second kappa shape index (κ2) is 7.16. The summed E-state index contributed by atoms with van der Waals surface area (Å²) in [7, 11) is 0. The molecule has 0 spiro atoms. The Balaban J connectivity index is 2.14. The van der Waals surface area contributed by atoms with Gasteiger partial charge in [-0.3, -0.25) is 14.2 Å². The van der Waals surface area contributed by atoms with Gasteiger partial charge in [-0.2, -0.15) is 5.26 Å². The van der Waals surface area contributed by atoms with Gasteiger partial charge in [0.05, 0.1) is 18.4 Å². The molecule has 2 aromatic heterocycles. The summed E-state index contributed by atoms with van der Waals surface area (Å²) >= 11 is 11.5. The summed E-state index contributed by atoms with van der Waals surface area (Å²) in [5.74, 6) is -1.12. The number of rotatable bonds is 5. The van der Waals surface area contributed by atoms with Crippen molar-refractivity contribution in [2.75, 3.05) is 0 Å². The van der Waals surface area contributed by atoms with Crippen molar-refractivity contribution in [3.8, 4) is 11.9 Å². The van der Waals surface area contributed by atoms with Crippen LogP contribution in [0.2, 0.25) is 0 Å². The number of ketones is 1. The van der Waals surface area contributed by atoms with E-state index in [1.54, 1.807) is 18.2 Å². The molecule has 1 fully saturated rings. The highest BCUT2D eigenvalue weighted by Crippen LogP contribution is 2.61. The van der Waals surface area contributed by atoms with Crippen LogP contribution >= 0.6 is 23.2 Å². The lowest BCUT2D eigenvalue weighted by Crippen LogP contribution is -2.27. The van der Waals surface area contributed by atoms with Gasteiger partial charge in [-0.1, -0.05) is 37.0 Å². The molecule has 0 radical (unpaired) electrons. The van der Waals surface area contributed by atoms with Gasteiger partial charge in [-0.15, -0.1) is 0 Å². The van der Waals surface area contributed by atoms with Gasteiger partial charge in [0.15, 0.2) is 5.78 Å². The van der Waals surface area contributed by atoms with Crippen LogP contribution in [0.4, 0.5) is 0 Å². The number of hydrogen-bond donors (Lipinski definition) is 1.